The largest absolute Gasteiger partial charge is 0.323 e. The second-order valence-corrected chi connectivity index (χ2v) is 4.39. The Bertz CT molecular complexity index is 425. The van der Waals surface area contributed by atoms with E-state index < -0.39 is 0 Å². The smallest absolute Gasteiger partial charge is 0.188 e. The van der Waals surface area contributed by atoms with Crippen molar-refractivity contribution in [2.45, 2.75) is 29.4 Å². The Labute approximate surface area is 97.9 Å². The maximum Gasteiger partial charge on any atom is 0.188 e. The van der Waals surface area contributed by atoms with Gasteiger partial charge in [0.15, 0.2) is 5.16 Å². The summed E-state index contributed by atoms with van der Waals surface area (Å²) < 4.78 is 0. The highest BCUT2D eigenvalue weighted by Gasteiger charge is 2.05. The van der Waals surface area contributed by atoms with Crippen LogP contribution in [-0.2, 0) is 0 Å². The van der Waals surface area contributed by atoms with Gasteiger partial charge in [0.05, 0.1) is 5.69 Å². The molecular formula is C10H13N5S. The first-order valence-electron chi connectivity index (χ1n) is 5.04. The number of aromatic amines is 1. The third kappa shape index (κ3) is 2.59. The molecule has 2 heterocycles. The number of nitrogens with one attached hydrogen (secondary N) is 1. The molecule has 1 unspecified atom stereocenters. The molecule has 1 atom stereocenters. The van der Waals surface area contributed by atoms with Crippen LogP contribution in [0.2, 0.25) is 0 Å². The van der Waals surface area contributed by atoms with Crippen LogP contribution in [0.15, 0.2) is 34.7 Å². The lowest BCUT2D eigenvalue weighted by molar-refractivity contribution is 0.674. The fourth-order valence-electron chi connectivity index (χ4n) is 1.24. The van der Waals surface area contributed by atoms with Crippen LogP contribution < -0.4 is 5.73 Å². The van der Waals surface area contributed by atoms with Crippen molar-refractivity contribution in [3.8, 4) is 0 Å². The van der Waals surface area contributed by atoms with Crippen LogP contribution in [-0.4, -0.2) is 20.2 Å². The highest BCUT2D eigenvalue weighted by Crippen LogP contribution is 2.23. The van der Waals surface area contributed by atoms with Gasteiger partial charge in [0.1, 0.15) is 6.33 Å². The molecule has 0 bridgehead atoms. The van der Waals surface area contributed by atoms with Gasteiger partial charge in [0.25, 0.3) is 0 Å². The van der Waals surface area contributed by atoms with E-state index in [4.69, 9.17) is 5.73 Å². The van der Waals surface area contributed by atoms with E-state index in [1.54, 1.807) is 6.20 Å². The summed E-state index contributed by atoms with van der Waals surface area (Å²) in [6, 6.07) is 3.96. The zero-order valence-corrected chi connectivity index (χ0v) is 9.74. The second kappa shape index (κ2) is 5.09. The molecule has 0 aromatic carbocycles. The molecule has 0 aliphatic heterocycles. The number of hydrogen-bond donors (Lipinski definition) is 2. The van der Waals surface area contributed by atoms with Gasteiger partial charge >= 0.3 is 0 Å². The van der Waals surface area contributed by atoms with E-state index in [-0.39, 0.29) is 6.04 Å². The molecule has 0 amide bonds. The maximum atomic E-state index is 5.88. The molecule has 2 rings (SSSR count). The zero-order chi connectivity index (χ0) is 11.4. The molecule has 0 aliphatic rings. The maximum absolute atomic E-state index is 5.88. The average molecular weight is 235 g/mol. The lowest BCUT2D eigenvalue weighted by atomic mass is 10.1. The van der Waals surface area contributed by atoms with Crippen molar-refractivity contribution >= 4 is 11.8 Å². The minimum absolute atomic E-state index is 0.0179. The van der Waals surface area contributed by atoms with E-state index in [0.717, 1.165) is 22.2 Å². The summed E-state index contributed by atoms with van der Waals surface area (Å²) in [4.78, 5) is 9.37. The number of aromatic nitrogens is 4. The Hall–Kier alpha value is -1.40. The Kier molecular flexibility index (Phi) is 3.53. The van der Waals surface area contributed by atoms with E-state index in [2.05, 4.69) is 20.2 Å². The summed E-state index contributed by atoms with van der Waals surface area (Å²) in [6.45, 7) is 2.05. The third-order valence-corrected chi connectivity index (χ3v) is 3.05. The summed E-state index contributed by atoms with van der Waals surface area (Å²) >= 11 is 1.49. The summed E-state index contributed by atoms with van der Waals surface area (Å²) in [5, 5.41) is 7.32. The highest BCUT2D eigenvalue weighted by atomic mass is 32.2. The van der Waals surface area contributed by atoms with Crippen molar-refractivity contribution in [1.82, 2.24) is 20.2 Å². The van der Waals surface area contributed by atoms with Crippen LogP contribution in [0.25, 0.3) is 0 Å². The van der Waals surface area contributed by atoms with Gasteiger partial charge in [-0.15, -0.1) is 0 Å². The molecule has 0 fully saturated rings. The van der Waals surface area contributed by atoms with Crippen molar-refractivity contribution in [3.63, 3.8) is 0 Å². The first-order chi connectivity index (χ1) is 7.79. The average Bonchev–Trinajstić information content (AvgIpc) is 2.82. The molecule has 3 N–H and O–H groups in total. The number of hydrogen-bond acceptors (Lipinski definition) is 5. The predicted octanol–water partition coefficient (Wildman–Crippen LogP) is 1.76. The highest BCUT2D eigenvalue weighted by molar-refractivity contribution is 7.99. The van der Waals surface area contributed by atoms with Crippen LogP contribution in [0.4, 0.5) is 0 Å². The molecule has 0 spiro atoms. The molecule has 2 aromatic heterocycles. The second-order valence-electron chi connectivity index (χ2n) is 3.33. The van der Waals surface area contributed by atoms with Crippen LogP contribution in [0.3, 0.4) is 0 Å². The van der Waals surface area contributed by atoms with Gasteiger partial charge in [-0.2, -0.15) is 5.10 Å². The minimum atomic E-state index is 0.0179. The van der Waals surface area contributed by atoms with E-state index in [9.17, 15) is 0 Å². The van der Waals surface area contributed by atoms with Gasteiger partial charge in [0, 0.05) is 17.1 Å². The van der Waals surface area contributed by atoms with Crippen LogP contribution in [0.1, 0.15) is 25.1 Å². The van der Waals surface area contributed by atoms with Crippen molar-refractivity contribution in [1.29, 1.82) is 0 Å². The summed E-state index contributed by atoms with van der Waals surface area (Å²) in [5.74, 6) is 0. The van der Waals surface area contributed by atoms with Crippen LogP contribution in [0, 0.1) is 0 Å². The van der Waals surface area contributed by atoms with E-state index in [0.29, 0.717) is 0 Å². The number of rotatable bonds is 4. The lowest BCUT2D eigenvalue weighted by Crippen LogP contribution is -2.10. The standard InChI is InChI=1S/C10H13N5S/c1-2-8(11)9-4-3-7(5-12-9)16-10-13-6-14-15-10/h3-6,8H,2,11H2,1H3,(H,13,14,15). The van der Waals surface area contributed by atoms with Gasteiger partial charge in [-0.25, -0.2) is 4.98 Å². The molecule has 84 valence electrons. The lowest BCUT2D eigenvalue weighted by Gasteiger charge is -2.07. The summed E-state index contributed by atoms with van der Waals surface area (Å²) in [7, 11) is 0. The molecule has 2 aromatic rings. The Morgan fingerprint density at radius 1 is 1.44 bits per heavy atom. The molecule has 16 heavy (non-hydrogen) atoms. The molecule has 5 nitrogen and oxygen atoms in total. The first kappa shape index (κ1) is 11.1. The number of H-pyrrole nitrogens is 1. The van der Waals surface area contributed by atoms with Gasteiger partial charge in [-0.3, -0.25) is 10.1 Å². The SMILES string of the molecule is CCC(N)c1ccc(Sc2ncn[nH]2)cn1. The van der Waals surface area contributed by atoms with Crippen LogP contribution >= 0.6 is 11.8 Å². The van der Waals surface area contributed by atoms with Crippen molar-refractivity contribution in [2.75, 3.05) is 0 Å². The van der Waals surface area contributed by atoms with E-state index >= 15 is 0 Å². The van der Waals surface area contributed by atoms with Crippen molar-refractivity contribution < 1.29 is 0 Å². The van der Waals surface area contributed by atoms with Crippen LogP contribution in [0.5, 0.6) is 0 Å². The normalized spacial score (nSPS) is 12.6. The molecule has 0 aliphatic carbocycles. The third-order valence-electron chi connectivity index (χ3n) is 2.19. The Morgan fingerprint density at radius 2 is 2.31 bits per heavy atom. The Balaban J connectivity index is 2.07. The monoisotopic (exact) mass is 235 g/mol. The fraction of sp³-hybridized carbons (Fsp3) is 0.300. The molecule has 6 heteroatoms. The van der Waals surface area contributed by atoms with E-state index in [1.807, 2.05) is 19.1 Å². The van der Waals surface area contributed by atoms with Crippen molar-refractivity contribution in [2.24, 2.45) is 5.73 Å². The summed E-state index contributed by atoms with van der Waals surface area (Å²) in [6.07, 6.45) is 4.18. The molecule has 0 saturated carbocycles. The fourth-order valence-corrected chi connectivity index (χ4v) is 1.90. The number of pyridine rings is 1. The first-order valence-corrected chi connectivity index (χ1v) is 5.86. The number of nitrogens with two attached hydrogens (primary N) is 1. The number of nitrogens with zero attached hydrogens (tertiary/aromatic N) is 3. The molecule has 0 radical (unpaired) electrons. The quantitative estimate of drug-likeness (QED) is 0.844. The van der Waals surface area contributed by atoms with Gasteiger partial charge in [-0.05, 0) is 30.3 Å². The Morgan fingerprint density at radius 3 is 2.88 bits per heavy atom. The zero-order valence-electron chi connectivity index (χ0n) is 8.92. The van der Waals surface area contributed by atoms with Gasteiger partial charge in [0.2, 0.25) is 0 Å². The van der Waals surface area contributed by atoms with Crippen molar-refractivity contribution in [3.05, 3.63) is 30.4 Å². The minimum Gasteiger partial charge on any atom is -0.323 e. The molecule has 0 saturated heterocycles. The van der Waals surface area contributed by atoms with Gasteiger partial charge in [-0.1, -0.05) is 6.92 Å². The van der Waals surface area contributed by atoms with Gasteiger partial charge < -0.3 is 5.73 Å². The molecular weight excluding hydrogens is 222 g/mol. The predicted molar refractivity (Wildman–Crippen MR) is 62.0 cm³/mol. The summed E-state index contributed by atoms with van der Waals surface area (Å²) in [5.41, 5.74) is 6.80. The topological polar surface area (TPSA) is 80.5 Å². The van der Waals surface area contributed by atoms with E-state index in [1.165, 1.54) is 18.1 Å².